The zero-order valence-corrected chi connectivity index (χ0v) is 9.08. The standard InChI is InChI=1S/C10H11ClN2O2/c1-5-7(10(14)15)8(11)13-9(12-5)6-3-2-4-6/h6H,2-4H2,1H3,(H,14,15). The second-order valence-corrected chi connectivity index (χ2v) is 4.12. The minimum atomic E-state index is -1.07. The summed E-state index contributed by atoms with van der Waals surface area (Å²) >= 11 is 5.82. The molecule has 5 heteroatoms. The Hall–Kier alpha value is -1.16. The number of aryl methyl sites for hydroxylation is 1. The van der Waals surface area contributed by atoms with Crippen molar-refractivity contribution in [2.45, 2.75) is 32.1 Å². The van der Waals surface area contributed by atoms with E-state index in [4.69, 9.17) is 16.7 Å². The lowest BCUT2D eigenvalue weighted by Gasteiger charge is -2.24. The lowest BCUT2D eigenvalue weighted by molar-refractivity contribution is 0.0695. The van der Waals surface area contributed by atoms with E-state index in [1.807, 2.05) is 0 Å². The van der Waals surface area contributed by atoms with E-state index in [-0.39, 0.29) is 10.7 Å². The molecule has 1 aromatic rings. The van der Waals surface area contributed by atoms with Gasteiger partial charge in [-0.2, -0.15) is 0 Å². The Morgan fingerprint density at radius 1 is 1.47 bits per heavy atom. The van der Waals surface area contributed by atoms with Gasteiger partial charge in [-0.3, -0.25) is 0 Å². The highest BCUT2D eigenvalue weighted by Gasteiger charge is 2.25. The predicted octanol–water partition coefficient (Wildman–Crippen LogP) is 2.40. The average molecular weight is 227 g/mol. The van der Waals surface area contributed by atoms with E-state index in [9.17, 15) is 4.79 Å². The van der Waals surface area contributed by atoms with Gasteiger partial charge in [0.25, 0.3) is 0 Å². The number of carboxylic acids is 1. The van der Waals surface area contributed by atoms with Crippen molar-refractivity contribution < 1.29 is 9.90 Å². The maximum atomic E-state index is 10.8. The molecule has 1 fully saturated rings. The van der Waals surface area contributed by atoms with Crippen LogP contribution in [0.25, 0.3) is 0 Å². The molecule has 1 aromatic heterocycles. The van der Waals surface area contributed by atoms with Crippen molar-refractivity contribution in [3.8, 4) is 0 Å². The lowest BCUT2D eigenvalue weighted by atomic mass is 9.85. The number of aromatic carboxylic acids is 1. The molecule has 0 amide bonds. The molecule has 1 heterocycles. The SMILES string of the molecule is Cc1nc(C2CCC2)nc(Cl)c1C(=O)O. The molecule has 0 radical (unpaired) electrons. The highest BCUT2D eigenvalue weighted by Crippen LogP contribution is 2.35. The van der Waals surface area contributed by atoms with Crippen LogP contribution in [0.5, 0.6) is 0 Å². The Balaban J connectivity index is 2.42. The van der Waals surface area contributed by atoms with Gasteiger partial charge >= 0.3 is 5.97 Å². The van der Waals surface area contributed by atoms with Gasteiger partial charge in [0.15, 0.2) is 0 Å². The Morgan fingerprint density at radius 2 is 2.13 bits per heavy atom. The van der Waals surface area contributed by atoms with Crippen LogP contribution in [0.2, 0.25) is 5.15 Å². The van der Waals surface area contributed by atoms with Crippen molar-refractivity contribution in [3.63, 3.8) is 0 Å². The first kappa shape index (κ1) is 10.4. The van der Waals surface area contributed by atoms with Crippen molar-refractivity contribution in [1.29, 1.82) is 0 Å². The van der Waals surface area contributed by atoms with E-state index < -0.39 is 5.97 Å². The fourth-order valence-electron chi connectivity index (χ4n) is 1.65. The van der Waals surface area contributed by atoms with E-state index in [1.54, 1.807) is 6.92 Å². The minimum absolute atomic E-state index is 0.0136. The second-order valence-electron chi connectivity index (χ2n) is 3.77. The van der Waals surface area contributed by atoms with Crippen LogP contribution >= 0.6 is 11.6 Å². The van der Waals surface area contributed by atoms with Crippen LogP contribution in [0, 0.1) is 6.92 Å². The summed E-state index contributed by atoms with van der Waals surface area (Å²) in [4.78, 5) is 19.1. The third-order valence-corrected chi connectivity index (χ3v) is 3.02. The molecule has 0 saturated heterocycles. The van der Waals surface area contributed by atoms with Crippen LogP contribution in [0.15, 0.2) is 0 Å². The van der Waals surface area contributed by atoms with Gasteiger partial charge < -0.3 is 5.11 Å². The van der Waals surface area contributed by atoms with Gasteiger partial charge in [-0.25, -0.2) is 14.8 Å². The van der Waals surface area contributed by atoms with Gasteiger partial charge in [0.05, 0.1) is 5.69 Å². The molecule has 15 heavy (non-hydrogen) atoms. The Bertz CT molecular complexity index is 393. The highest BCUT2D eigenvalue weighted by atomic mass is 35.5. The van der Waals surface area contributed by atoms with Crippen LogP contribution in [-0.4, -0.2) is 21.0 Å². The van der Waals surface area contributed by atoms with E-state index in [2.05, 4.69) is 9.97 Å². The first-order chi connectivity index (χ1) is 7.09. The van der Waals surface area contributed by atoms with E-state index in [0.717, 1.165) is 12.8 Å². The molecule has 80 valence electrons. The van der Waals surface area contributed by atoms with Gasteiger partial charge in [0.1, 0.15) is 16.5 Å². The maximum absolute atomic E-state index is 10.8. The topological polar surface area (TPSA) is 63.1 Å². The lowest BCUT2D eigenvalue weighted by Crippen LogP contribution is -2.15. The monoisotopic (exact) mass is 226 g/mol. The smallest absolute Gasteiger partial charge is 0.340 e. The van der Waals surface area contributed by atoms with Crippen LogP contribution in [0.4, 0.5) is 0 Å². The number of nitrogens with zero attached hydrogens (tertiary/aromatic N) is 2. The van der Waals surface area contributed by atoms with Crippen LogP contribution in [0.3, 0.4) is 0 Å². The summed E-state index contributed by atoms with van der Waals surface area (Å²) < 4.78 is 0. The zero-order valence-electron chi connectivity index (χ0n) is 8.33. The number of hydrogen-bond acceptors (Lipinski definition) is 3. The third kappa shape index (κ3) is 1.81. The molecule has 0 unspecified atom stereocenters. The Morgan fingerprint density at radius 3 is 2.53 bits per heavy atom. The Labute approximate surface area is 92.3 Å². The van der Waals surface area contributed by atoms with Gasteiger partial charge in [-0.1, -0.05) is 18.0 Å². The van der Waals surface area contributed by atoms with Crippen molar-refractivity contribution >= 4 is 17.6 Å². The van der Waals surface area contributed by atoms with E-state index >= 15 is 0 Å². The van der Waals surface area contributed by atoms with Crippen LogP contribution in [0.1, 0.15) is 47.1 Å². The molecule has 0 aromatic carbocycles. The zero-order chi connectivity index (χ0) is 11.0. The van der Waals surface area contributed by atoms with Gasteiger partial charge in [0, 0.05) is 5.92 Å². The largest absolute Gasteiger partial charge is 0.478 e. The highest BCUT2D eigenvalue weighted by molar-refractivity contribution is 6.32. The van der Waals surface area contributed by atoms with Crippen molar-refractivity contribution in [1.82, 2.24) is 9.97 Å². The molecule has 0 bridgehead atoms. The number of hydrogen-bond donors (Lipinski definition) is 1. The van der Waals surface area contributed by atoms with E-state index in [1.165, 1.54) is 6.42 Å². The quantitative estimate of drug-likeness (QED) is 0.787. The van der Waals surface area contributed by atoms with Crippen molar-refractivity contribution in [3.05, 3.63) is 22.2 Å². The predicted molar refractivity (Wildman–Crippen MR) is 55.3 cm³/mol. The third-order valence-electron chi connectivity index (χ3n) is 2.75. The number of carbonyl (C=O) groups is 1. The normalized spacial score (nSPS) is 16.1. The number of carboxylic acid groups (broad SMARTS) is 1. The molecule has 0 atom stereocenters. The van der Waals surface area contributed by atoms with Crippen molar-refractivity contribution in [2.24, 2.45) is 0 Å². The van der Waals surface area contributed by atoms with Crippen LogP contribution < -0.4 is 0 Å². The summed E-state index contributed by atoms with van der Waals surface area (Å²) in [6.07, 6.45) is 3.33. The minimum Gasteiger partial charge on any atom is -0.478 e. The van der Waals surface area contributed by atoms with Crippen LogP contribution in [-0.2, 0) is 0 Å². The molecule has 1 saturated carbocycles. The summed E-state index contributed by atoms with van der Waals surface area (Å²) in [7, 11) is 0. The molecule has 0 aliphatic heterocycles. The molecule has 4 nitrogen and oxygen atoms in total. The van der Waals surface area contributed by atoms with Gasteiger partial charge in [-0.15, -0.1) is 0 Å². The fraction of sp³-hybridized carbons (Fsp3) is 0.500. The summed E-state index contributed by atoms with van der Waals surface area (Å²) in [6, 6.07) is 0. The van der Waals surface area contributed by atoms with Gasteiger partial charge in [-0.05, 0) is 19.8 Å². The molecule has 0 spiro atoms. The summed E-state index contributed by atoms with van der Waals surface area (Å²) in [5.74, 6) is -0.0181. The molecular weight excluding hydrogens is 216 g/mol. The number of halogens is 1. The average Bonchev–Trinajstić information content (AvgIpc) is 1.97. The summed E-state index contributed by atoms with van der Waals surface area (Å²) in [5, 5.41) is 8.94. The molecule has 2 rings (SSSR count). The number of aromatic nitrogens is 2. The summed E-state index contributed by atoms with van der Waals surface area (Å²) in [6.45, 7) is 1.65. The first-order valence-corrected chi connectivity index (χ1v) is 5.24. The fourth-order valence-corrected chi connectivity index (χ4v) is 1.95. The molecular formula is C10H11ClN2O2. The Kier molecular flexibility index (Phi) is 2.61. The first-order valence-electron chi connectivity index (χ1n) is 4.87. The van der Waals surface area contributed by atoms with E-state index in [0.29, 0.717) is 17.4 Å². The number of rotatable bonds is 2. The molecule has 1 N–H and O–H groups in total. The van der Waals surface area contributed by atoms with Crippen molar-refractivity contribution in [2.75, 3.05) is 0 Å². The molecule has 1 aliphatic rings. The van der Waals surface area contributed by atoms with Gasteiger partial charge in [0.2, 0.25) is 0 Å². The second kappa shape index (κ2) is 3.77. The summed E-state index contributed by atoms with van der Waals surface area (Å²) in [5.41, 5.74) is 0.462. The maximum Gasteiger partial charge on any atom is 0.340 e. The molecule has 1 aliphatic carbocycles.